The summed E-state index contributed by atoms with van der Waals surface area (Å²) in [7, 11) is 0. The molecule has 0 spiro atoms. The van der Waals surface area contributed by atoms with Gasteiger partial charge in [0, 0.05) is 10.0 Å². The van der Waals surface area contributed by atoms with E-state index in [9.17, 15) is 0 Å². The van der Waals surface area contributed by atoms with Crippen molar-refractivity contribution < 1.29 is 4.74 Å². The zero-order valence-electron chi connectivity index (χ0n) is 11.3. The minimum atomic E-state index is 0.0825. The molecular formula is C15H21BrO. The van der Waals surface area contributed by atoms with Crippen LogP contribution in [0, 0.1) is 6.92 Å². The Balaban J connectivity index is 3.16. The van der Waals surface area contributed by atoms with E-state index in [1.807, 2.05) is 25.1 Å². The minimum absolute atomic E-state index is 0.0825. The molecule has 1 rings (SSSR count). The van der Waals surface area contributed by atoms with Crippen LogP contribution >= 0.6 is 15.9 Å². The average molecular weight is 297 g/mol. The lowest BCUT2D eigenvalue weighted by atomic mass is 9.83. The second-order valence-electron chi connectivity index (χ2n) is 5.18. The quantitative estimate of drug-likeness (QED) is 0.713. The van der Waals surface area contributed by atoms with E-state index in [1.54, 1.807) is 0 Å². The van der Waals surface area contributed by atoms with E-state index in [-0.39, 0.29) is 5.41 Å². The summed E-state index contributed by atoms with van der Waals surface area (Å²) >= 11 is 3.58. The zero-order chi connectivity index (χ0) is 13.1. The van der Waals surface area contributed by atoms with Gasteiger partial charge >= 0.3 is 0 Å². The number of hydrogen-bond acceptors (Lipinski definition) is 1. The van der Waals surface area contributed by atoms with Gasteiger partial charge in [0.05, 0.1) is 0 Å². The highest BCUT2D eigenvalue weighted by Crippen LogP contribution is 2.37. The van der Waals surface area contributed by atoms with Crippen molar-refractivity contribution >= 4 is 15.9 Å². The van der Waals surface area contributed by atoms with Gasteiger partial charge in [0.15, 0.2) is 0 Å². The molecule has 0 saturated carbocycles. The topological polar surface area (TPSA) is 9.23 Å². The van der Waals surface area contributed by atoms with Crippen molar-refractivity contribution in [3.8, 4) is 5.75 Å². The molecule has 0 heterocycles. The maximum Gasteiger partial charge on any atom is 0.123 e. The standard InChI is InChI=1S/C15H21BrO/c1-6-7-10-17-13-9-8-12(16)11(2)14(13)15(3,4)5/h6-9H,10H2,1-5H3. The fourth-order valence-corrected chi connectivity index (χ4v) is 2.28. The second kappa shape index (κ2) is 5.72. The number of ether oxygens (including phenoxy) is 1. The maximum atomic E-state index is 5.83. The van der Waals surface area contributed by atoms with Crippen LogP contribution in [-0.2, 0) is 5.41 Å². The molecule has 0 aromatic heterocycles. The Morgan fingerprint density at radius 2 is 1.94 bits per heavy atom. The number of allylic oxidation sites excluding steroid dienone is 1. The van der Waals surface area contributed by atoms with Crippen molar-refractivity contribution in [1.29, 1.82) is 0 Å². The Hall–Kier alpha value is -0.760. The molecule has 0 radical (unpaired) electrons. The van der Waals surface area contributed by atoms with E-state index < -0.39 is 0 Å². The molecule has 94 valence electrons. The fraction of sp³-hybridized carbons (Fsp3) is 0.467. The first-order chi connectivity index (χ1) is 7.88. The van der Waals surface area contributed by atoms with Gasteiger partial charge in [0.25, 0.3) is 0 Å². The molecule has 0 N–H and O–H groups in total. The third-order valence-corrected chi connectivity index (χ3v) is 3.54. The molecule has 0 bridgehead atoms. The molecule has 1 aromatic rings. The number of hydrogen-bond donors (Lipinski definition) is 0. The van der Waals surface area contributed by atoms with E-state index >= 15 is 0 Å². The summed E-state index contributed by atoms with van der Waals surface area (Å²) in [5.74, 6) is 0.983. The van der Waals surface area contributed by atoms with Gasteiger partial charge in [0.2, 0.25) is 0 Å². The van der Waals surface area contributed by atoms with Crippen molar-refractivity contribution in [3.05, 3.63) is 39.9 Å². The predicted molar refractivity (Wildman–Crippen MR) is 77.9 cm³/mol. The Morgan fingerprint density at radius 3 is 2.47 bits per heavy atom. The molecule has 0 unspecified atom stereocenters. The lowest BCUT2D eigenvalue weighted by Crippen LogP contribution is -2.15. The number of benzene rings is 1. The first-order valence-corrected chi connectivity index (χ1v) is 6.70. The number of rotatable bonds is 3. The summed E-state index contributed by atoms with van der Waals surface area (Å²) in [5, 5.41) is 0. The second-order valence-corrected chi connectivity index (χ2v) is 6.03. The van der Waals surface area contributed by atoms with Crippen LogP contribution in [0.4, 0.5) is 0 Å². The molecule has 0 saturated heterocycles. The summed E-state index contributed by atoms with van der Waals surface area (Å²) in [6, 6.07) is 4.09. The average Bonchev–Trinajstić information content (AvgIpc) is 2.22. The van der Waals surface area contributed by atoms with E-state index in [1.165, 1.54) is 11.1 Å². The SMILES string of the molecule is CC=CCOc1ccc(Br)c(C)c1C(C)(C)C. The molecule has 2 heteroatoms. The Labute approximate surface area is 113 Å². The van der Waals surface area contributed by atoms with Crippen LogP contribution in [0.15, 0.2) is 28.8 Å². The predicted octanol–water partition coefficient (Wildman–Crippen LogP) is 5.01. The zero-order valence-corrected chi connectivity index (χ0v) is 12.9. The minimum Gasteiger partial charge on any atom is -0.489 e. The highest BCUT2D eigenvalue weighted by atomic mass is 79.9. The van der Waals surface area contributed by atoms with Gasteiger partial charge < -0.3 is 4.74 Å². The number of halogens is 1. The van der Waals surface area contributed by atoms with Crippen molar-refractivity contribution in [2.24, 2.45) is 0 Å². The Morgan fingerprint density at radius 1 is 1.29 bits per heavy atom. The third kappa shape index (κ3) is 3.60. The van der Waals surface area contributed by atoms with E-state index in [0.717, 1.165) is 10.2 Å². The van der Waals surface area contributed by atoms with Crippen LogP contribution in [0.25, 0.3) is 0 Å². The summed E-state index contributed by atoms with van der Waals surface area (Å²) < 4.78 is 6.97. The lowest BCUT2D eigenvalue weighted by Gasteiger charge is -2.25. The molecule has 0 aliphatic heterocycles. The van der Waals surface area contributed by atoms with Crippen LogP contribution in [-0.4, -0.2) is 6.61 Å². The summed E-state index contributed by atoms with van der Waals surface area (Å²) in [4.78, 5) is 0. The van der Waals surface area contributed by atoms with E-state index in [4.69, 9.17) is 4.74 Å². The first-order valence-electron chi connectivity index (χ1n) is 5.91. The highest BCUT2D eigenvalue weighted by molar-refractivity contribution is 9.10. The van der Waals surface area contributed by atoms with Gasteiger partial charge in [-0.3, -0.25) is 0 Å². The molecule has 1 aromatic carbocycles. The third-order valence-electron chi connectivity index (χ3n) is 2.68. The first kappa shape index (κ1) is 14.3. The summed E-state index contributed by atoms with van der Waals surface area (Å²) in [6.07, 6.45) is 4.02. The Kier molecular flexibility index (Phi) is 4.81. The van der Waals surface area contributed by atoms with E-state index in [0.29, 0.717) is 6.61 Å². The Bertz CT molecular complexity index is 414. The van der Waals surface area contributed by atoms with Crippen LogP contribution in [0.1, 0.15) is 38.8 Å². The van der Waals surface area contributed by atoms with Crippen molar-refractivity contribution in [2.75, 3.05) is 6.61 Å². The summed E-state index contributed by atoms with van der Waals surface area (Å²) in [6.45, 7) is 11.4. The normalized spacial score (nSPS) is 12.1. The smallest absolute Gasteiger partial charge is 0.123 e. The van der Waals surface area contributed by atoms with Crippen LogP contribution in [0.5, 0.6) is 5.75 Å². The largest absolute Gasteiger partial charge is 0.489 e. The molecule has 0 atom stereocenters. The maximum absolute atomic E-state index is 5.83. The summed E-state index contributed by atoms with van der Waals surface area (Å²) in [5.41, 5.74) is 2.62. The molecular weight excluding hydrogens is 276 g/mol. The molecule has 0 amide bonds. The van der Waals surface area contributed by atoms with Gasteiger partial charge in [-0.25, -0.2) is 0 Å². The van der Waals surface area contributed by atoms with Crippen LogP contribution in [0.2, 0.25) is 0 Å². The van der Waals surface area contributed by atoms with Gasteiger partial charge in [-0.1, -0.05) is 48.9 Å². The molecule has 1 nitrogen and oxygen atoms in total. The fourth-order valence-electron chi connectivity index (χ4n) is 1.95. The van der Waals surface area contributed by atoms with Gasteiger partial charge in [-0.2, -0.15) is 0 Å². The van der Waals surface area contributed by atoms with Crippen LogP contribution in [0.3, 0.4) is 0 Å². The van der Waals surface area contributed by atoms with Crippen molar-refractivity contribution in [2.45, 2.75) is 40.0 Å². The molecule has 17 heavy (non-hydrogen) atoms. The van der Waals surface area contributed by atoms with Gasteiger partial charge in [-0.15, -0.1) is 0 Å². The van der Waals surface area contributed by atoms with Crippen LogP contribution < -0.4 is 4.74 Å². The highest BCUT2D eigenvalue weighted by Gasteiger charge is 2.22. The molecule has 0 fully saturated rings. The lowest BCUT2D eigenvalue weighted by molar-refractivity contribution is 0.350. The van der Waals surface area contributed by atoms with E-state index in [2.05, 4.69) is 49.7 Å². The van der Waals surface area contributed by atoms with Gasteiger partial charge in [-0.05, 0) is 37.0 Å². The van der Waals surface area contributed by atoms with Crippen molar-refractivity contribution in [3.63, 3.8) is 0 Å². The van der Waals surface area contributed by atoms with Gasteiger partial charge in [0.1, 0.15) is 12.4 Å². The van der Waals surface area contributed by atoms with Crippen molar-refractivity contribution in [1.82, 2.24) is 0 Å². The molecule has 0 aliphatic rings. The molecule has 0 aliphatic carbocycles. The monoisotopic (exact) mass is 296 g/mol.